The smallest absolute Gasteiger partial charge is 0.304 e. The fraction of sp³-hybridized carbons (Fsp3) is 0.529. The highest BCUT2D eigenvalue weighted by molar-refractivity contribution is 6.01. The zero-order valence-corrected chi connectivity index (χ0v) is 14.0. The van der Waals surface area contributed by atoms with Crippen molar-refractivity contribution in [3.8, 4) is 5.75 Å². The summed E-state index contributed by atoms with van der Waals surface area (Å²) < 4.78 is 5.88. The Labute approximate surface area is 136 Å². The van der Waals surface area contributed by atoms with Crippen molar-refractivity contribution >= 4 is 17.4 Å². The first kappa shape index (κ1) is 17.3. The van der Waals surface area contributed by atoms with Gasteiger partial charge in [0.25, 0.3) is 0 Å². The van der Waals surface area contributed by atoms with E-state index in [-0.39, 0.29) is 23.8 Å². The second-order valence-electron chi connectivity index (χ2n) is 6.59. The maximum Gasteiger partial charge on any atom is 0.304 e. The monoisotopic (exact) mass is 320 g/mol. The normalized spacial score (nSPS) is 16.9. The predicted octanol–water partition coefficient (Wildman–Crippen LogP) is 2.25. The lowest BCUT2D eigenvalue weighted by Gasteiger charge is -2.33. The van der Waals surface area contributed by atoms with Crippen LogP contribution in [0.15, 0.2) is 18.2 Å². The number of hydrogen-bond donors (Lipinski definition) is 2. The molecule has 0 radical (unpaired) electrons. The van der Waals surface area contributed by atoms with Crippen molar-refractivity contribution < 1.29 is 19.4 Å². The molecule has 2 rings (SSSR count). The zero-order valence-electron chi connectivity index (χ0n) is 14.0. The van der Waals surface area contributed by atoms with Crippen LogP contribution < -0.4 is 10.1 Å². The van der Waals surface area contributed by atoms with E-state index < -0.39 is 5.97 Å². The summed E-state index contributed by atoms with van der Waals surface area (Å²) in [5, 5.41) is 12.0. The van der Waals surface area contributed by atoms with Gasteiger partial charge in [0.15, 0.2) is 5.78 Å². The van der Waals surface area contributed by atoms with Gasteiger partial charge in [-0.05, 0) is 46.0 Å². The molecule has 0 saturated heterocycles. The highest BCUT2D eigenvalue weighted by atomic mass is 16.5. The second-order valence-corrected chi connectivity index (χ2v) is 6.59. The number of carboxylic acid groups (broad SMARTS) is 1. The van der Waals surface area contributed by atoms with Gasteiger partial charge in [-0.2, -0.15) is 0 Å². The van der Waals surface area contributed by atoms with Crippen LogP contribution >= 0.6 is 0 Å². The maximum absolute atomic E-state index is 12.6. The van der Waals surface area contributed by atoms with Crippen LogP contribution in [0.3, 0.4) is 0 Å². The largest absolute Gasteiger partial charge is 0.484 e. The van der Waals surface area contributed by atoms with E-state index in [2.05, 4.69) is 5.32 Å². The average molecular weight is 320 g/mol. The molecule has 0 fully saturated rings. The molecule has 1 heterocycles. The number of benzene rings is 1. The molecular weight excluding hydrogens is 296 g/mol. The number of ether oxygens (including phenoxy) is 1. The molecule has 1 aliphatic heterocycles. The molecule has 0 aromatic heterocycles. The van der Waals surface area contributed by atoms with Gasteiger partial charge >= 0.3 is 5.97 Å². The molecule has 6 heteroatoms. The Balaban J connectivity index is 2.10. The quantitative estimate of drug-likeness (QED) is 0.783. The fourth-order valence-electron chi connectivity index (χ4n) is 2.46. The number of aliphatic carboxylic acids is 1. The van der Waals surface area contributed by atoms with E-state index in [0.717, 1.165) is 11.4 Å². The van der Waals surface area contributed by atoms with Crippen LogP contribution in [0.25, 0.3) is 0 Å². The lowest BCUT2D eigenvalue weighted by Crippen LogP contribution is -2.40. The standard InChI is InChI=1S/C17H24N2O4/c1-11(19(4)8-7-15(20)21)16(22)12-5-6-14-13(9-12)18-10-17(2,3)23-14/h5-6,9,11,18H,7-8,10H2,1-4H3,(H,20,21). The highest BCUT2D eigenvalue weighted by Crippen LogP contribution is 2.33. The van der Waals surface area contributed by atoms with Crippen LogP contribution in [0, 0.1) is 0 Å². The molecular formula is C17H24N2O4. The summed E-state index contributed by atoms with van der Waals surface area (Å²) >= 11 is 0. The number of nitrogens with zero attached hydrogens (tertiary/aromatic N) is 1. The minimum absolute atomic E-state index is 0.0167. The van der Waals surface area contributed by atoms with Crippen LogP contribution in [-0.4, -0.2) is 53.5 Å². The van der Waals surface area contributed by atoms with Crippen molar-refractivity contribution in [1.82, 2.24) is 4.90 Å². The Morgan fingerprint density at radius 2 is 2.13 bits per heavy atom. The molecule has 1 aliphatic rings. The van der Waals surface area contributed by atoms with E-state index in [9.17, 15) is 9.59 Å². The molecule has 1 unspecified atom stereocenters. The van der Waals surface area contributed by atoms with Gasteiger partial charge in [-0.15, -0.1) is 0 Å². The summed E-state index contributed by atoms with van der Waals surface area (Å²) in [6, 6.07) is 4.98. The van der Waals surface area contributed by atoms with E-state index in [1.54, 1.807) is 37.1 Å². The maximum atomic E-state index is 12.6. The zero-order chi connectivity index (χ0) is 17.2. The van der Waals surface area contributed by atoms with E-state index in [1.807, 2.05) is 13.8 Å². The van der Waals surface area contributed by atoms with Gasteiger partial charge in [0.2, 0.25) is 0 Å². The summed E-state index contributed by atoms with van der Waals surface area (Å²) in [4.78, 5) is 25.0. The van der Waals surface area contributed by atoms with Crippen LogP contribution in [0.5, 0.6) is 5.75 Å². The number of carbonyl (C=O) groups is 2. The van der Waals surface area contributed by atoms with Crippen LogP contribution in [0.4, 0.5) is 5.69 Å². The molecule has 1 aromatic rings. The molecule has 0 aliphatic carbocycles. The lowest BCUT2D eigenvalue weighted by molar-refractivity contribution is -0.137. The molecule has 126 valence electrons. The molecule has 6 nitrogen and oxygen atoms in total. The van der Waals surface area contributed by atoms with Gasteiger partial charge < -0.3 is 15.2 Å². The van der Waals surface area contributed by atoms with Crippen molar-refractivity contribution in [2.75, 3.05) is 25.5 Å². The predicted molar refractivity (Wildman–Crippen MR) is 88.3 cm³/mol. The molecule has 2 N–H and O–H groups in total. The topological polar surface area (TPSA) is 78.9 Å². The number of hydrogen-bond acceptors (Lipinski definition) is 5. The van der Waals surface area contributed by atoms with Gasteiger partial charge in [0, 0.05) is 12.1 Å². The molecule has 0 amide bonds. The van der Waals surface area contributed by atoms with Gasteiger partial charge in [-0.1, -0.05) is 0 Å². The number of rotatable bonds is 6. The van der Waals surface area contributed by atoms with Gasteiger partial charge in [-0.3, -0.25) is 14.5 Å². The number of anilines is 1. The van der Waals surface area contributed by atoms with Crippen molar-refractivity contribution in [2.45, 2.75) is 38.8 Å². The lowest BCUT2D eigenvalue weighted by atomic mass is 10.0. The number of ketones is 1. The van der Waals surface area contributed by atoms with Crippen LogP contribution in [0.2, 0.25) is 0 Å². The van der Waals surface area contributed by atoms with Crippen LogP contribution in [0.1, 0.15) is 37.6 Å². The Hall–Kier alpha value is -2.08. The van der Waals surface area contributed by atoms with E-state index >= 15 is 0 Å². The van der Waals surface area contributed by atoms with Crippen molar-refractivity contribution in [1.29, 1.82) is 0 Å². The highest BCUT2D eigenvalue weighted by Gasteiger charge is 2.27. The number of Topliss-reactive ketones (excluding diaryl/α,β-unsaturated/α-hetero) is 1. The SMILES string of the molecule is CC(C(=O)c1ccc2c(c1)NCC(C)(C)O2)N(C)CCC(=O)O. The van der Waals surface area contributed by atoms with Gasteiger partial charge in [0.05, 0.1) is 24.7 Å². The number of fused-ring (bicyclic) bond motifs is 1. The van der Waals surface area contributed by atoms with Crippen molar-refractivity contribution in [2.24, 2.45) is 0 Å². The van der Waals surface area contributed by atoms with Crippen molar-refractivity contribution in [3.05, 3.63) is 23.8 Å². The first-order chi connectivity index (χ1) is 10.7. The number of carbonyl (C=O) groups excluding carboxylic acids is 1. The molecule has 23 heavy (non-hydrogen) atoms. The molecule has 0 spiro atoms. The van der Waals surface area contributed by atoms with Gasteiger partial charge in [-0.25, -0.2) is 0 Å². The summed E-state index contributed by atoms with van der Waals surface area (Å²) in [5.74, 6) is -0.161. The van der Waals surface area contributed by atoms with Gasteiger partial charge in [0.1, 0.15) is 11.4 Å². The second kappa shape index (κ2) is 6.58. The summed E-state index contributed by atoms with van der Waals surface area (Å²) in [6.45, 7) is 6.80. The summed E-state index contributed by atoms with van der Waals surface area (Å²) in [5.41, 5.74) is 1.13. The summed E-state index contributed by atoms with van der Waals surface area (Å²) in [6.07, 6.45) is 0.0167. The van der Waals surface area contributed by atoms with E-state index in [4.69, 9.17) is 9.84 Å². The Bertz CT molecular complexity index is 613. The average Bonchev–Trinajstić information content (AvgIpc) is 2.49. The van der Waals surface area contributed by atoms with Crippen molar-refractivity contribution in [3.63, 3.8) is 0 Å². The molecule has 0 saturated carbocycles. The first-order valence-electron chi connectivity index (χ1n) is 7.73. The number of carboxylic acids is 1. The first-order valence-corrected chi connectivity index (χ1v) is 7.73. The number of nitrogens with one attached hydrogen (secondary N) is 1. The third-order valence-electron chi connectivity index (χ3n) is 4.07. The Kier molecular flexibility index (Phi) is 4.94. The third-order valence-corrected chi connectivity index (χ3v) is 4.07. The third kappa shape index (κ3) is 4.22. The van der Waals surface area contributed by atoms with Crippen LogP contribution in [-0.2, 0) is 4.79 Å². The molecule has 1 atom stereocenters. The summed E-state index contributed by atoms with van der Waals surface area (Å²) in [7, 11) is 1.76. The van der Waals surface area contributed by atoms with E-state index in [0.29, 0.717) is 18.7 Å². The molecule has 0 bridgehead atoms. The number of likely N-dealkylation sites (N-methyl/N-ethyl adjacent to an activating group) is 1. The fourth-order valence-corrected chi connectivity index (χ4v) is 2.46. The minimum Gasteiger partial charge on any atom is -0.484 e. The Morgan fingerprint density at radius 1 is 1.43 bits per heavy atom. The molecule has 1 aromatic carbocycles. The Morgan fingerprint density at radius 3 is 2.78 bits per heavy atom. The van der Waals surface area contributed by atoms with E-state index in [1.165, 1.54) is 0 Å². The minimum atomic E-state index is -0.866.